The first kappa shape index (κ1) is 26.2. The lowest BCUT2D eigenvalue weighted by atomic mass is 9.73. The minimum Gasteiger partial charge on any atom is -0.494 e. The minimum atomic E-state index is -0.360. The molecular weight excluding hydrogens is 455 g/mol. The van der Waals surface area contributed by atoms with E-state index in [9.17, 15) is 4.39 Å². The van der Waals surface area contributed by atoms with Crippen molar-refractivity contribution in [2.45, 2.75) is 26.7 Å². The van der Waals surface area contributed by atoms with Crippen LogP contribution >= 0.6 is 0 Å². The highest BCUT2D eigenvalue weighted by Gasteiger charge is 2.45. The Balaban J connectivity index is 0.00000124. The highest BCUT2D eigenvalue weighted by Crippen LogP contribution is 2.44. The van der Waals surface area contributed by atoms with E-state index < -0.39 is 0 Å². The van der Waals surface area contributed by atoms with Crippen LogP contribution in [0.1, 0.15) is 28.1 Å². The van der Waals surface area contributed by atoms with Crippen LogP contribution in [0.3, 0.4) is 0 Å². The van der Waals surface area contributed by atoms with Crippen LogP contribution in [0.25, 0.3) is 22.2 Å². The lowest BCUT2D eigenvalue weighted by Gasteiger charge is -2.55. The van der Waals surface area contributed by atoms with Crippen molar-refractivity contribution in [3.63, 3.8) is 0 Å². The number of hydrogen-bond acceptors (Lipinski definition) is 6. The van der Waals surface area contributed by atoms with Gasteiger partial charge in [0.15, 0.2) is 11.6 Å². The van der Waals surface area contributed by atoms with Crippen molar-refractivity contribution >= 4 is 16.6 Å². The van der Waals surface area contributed by atoms with E-state index >= 15 is 0 Å². The normalized spacial score (nSPS) is 16.9. The molecular formula is C29H41FN4O2. The SMILES string of the molecule is CC.CNCCOc1ccc(-c2cc(N3CC4(CCCN(C)C4)C3)c3cc(F)c(OC)cc3n2)cc1.[HH]. The van der Waals surface area contributed by atoms with E-state index in [1.54, 1.807) is 12.1 Å². The molecule has 0 radical (unpaired) electrons. The molecule has 3 aromatic rings. The van der Waals surface area contributed by atoms with Gasteiger partial charge in [0, 0.05) is 55.7 Å². The third kappa shape index (κ3) is 5.42. The van der Waals surface area contributed by atoms with Crippen molar-refractivity contribution in [1.29, 1.82) is 0 Å². The van der Waals surface area contributed by atoms with Gasteiger partial charge < -0.3 is 24.6 Å². The van der Waals surface area contributed by atoms with Gasteiger partial charge in [-0.05, 0) is 69.9 Å². The van der Waals surface area contributed by atoms with Crippen LogP contribution in [0.15, 0.2) is 42.5 Å². The van der Waals surface area contributed by atoms with Crippen LogP contribution in [-0.4, -0.2) is 70.4 Å². The molecule has 1 aromatic heterocycles. The molecule has 0 bridgehead atoms. The number of benzene rings is 2. The number of methoxy groups -OCH3 is 1. The van der Waals surface area contributed by atoms with Crippen molar-refractivity contribution in [1.82, 2.24) is 15.2 Å². The molecule has 2 aliphatic rings. The zero-order valence-corrected chi connectivity index (χ0v) is 22.2. The van der Waals surface area contributed by atoms with E-state index in [0.29, 0.717) is 12.0 Å². The molecule has 5 rings (SSSR count). The van der Waals surface area contributed by atoms with Crippen molar-refractivity contribution in [3.8, 4) is 22.8 Å². The Labute approximate surface area is 215 Å². The number of likely N-dealkylation sites (tertiary alicyclic amines) is 1. The molecule has 2 saturated heterocycles. The van der Waals surface area contributed by atoms with E-state index in [1.807, 2.05) is 45.2 Å². The molecule has 2 aromatic carbocycles. The fraction of sp³-hybridized carbons (Fsp3) is 0.483. The van der Waals surface area contributed by atoms with Gasteiger partial charge in [-0.15, -0.1) is 0 Å². The molecule has 7 heteroatoms. The number of piperidine rings is 1. The summed E-state index contributed by atoms with van der Waals surface area (Å²) in [6.45, 7) is 9.68. The maximum Gasteiger partial charge on any atom is 0.165 e. The zero-order valence-electron chi connectivity index (χ0n) is 22.2. The molecule has 1 N–H and O–H groups in total. The van der Waals surface area contributed by atoms with Gasteiger partial charge in [0.25, 0.3) is 0 Å². The second kappa shape index (κ2) is 11.4. The molecule has 2 fully saturated rings. The lowest BCUT2D eigenvalue weighted by Crippen LogP contribution is -2.62. The lowest BCUT2D eigenvalue weighted by molar-refractivity contribution is 0.0785. The van der Waals surface area contributed by atoms with Gasteiger partial charge >= 0.3 is 0 Å². The largest absolute Gasteiger partial charge is 0.494 e. The Morgan fingerprint density at radius 1 is 1.11 bits per heavy atom. The maximum atomic E-state index is 14.7. The van der Waals surface area contributed by atoms with Crippen molar-refractivity contribution < 1.29 is 15.3 Å². The van der Waals surface area contributed by atoms with Gasteiger partial charge in [-0.2, -0.15) is 0 Å². The maximum absolute atomic E-state index is 14.7. The highest BCUT2D eigenvalue weighted by atomic mass is 19.1. The molecule has 6 nitrogen and oxygen atoms in total. The van der Waals surface area contributed by atoms with Crippen LogP contribution in [0.4, 0.5) is 10.1 Å². The summed E-state index contributed by atoms with van der Waals surface area (Å²) >= 11 is 0. The molecule has 0 saturated carbocycles. The number of fused-ring (bicyclic) bond motifs is 1. The van der Waals surface area contributed by atoms with Gasteiger partial charge in [-0.1, -0.05) is 13.8 Å². The quantitative estimate of drug-likeness (QED) is 0.439. The smallest absolute Gasteiger partial charge is 0.165 e. The minimum absolute atomic E-state index is 0. The number of nitrogens with zero attached hydrogens (tertiary/aromatic N) is 3. The first-order valence-electron chi connectivity index (χ1n) is 13.0. The Morgan fingerprint density at radius 3 is 2.53 bits per heavy atom. The number of likely N-dealkylation sites (N-methyl/N-ethyl adjacent to an activating group) is 1. The fourth-order valence-electron chi connectivity index (χ4n) is 5.41. The molecule has 0 unspecified atom stereocenters. The molecule has 36 heavy (non-hydrogen) atoms. The standard InChI is InChI=1S/C27H33FN4O2.C2H6.H2/c1-29-10-12-34-20-7-5-19(6-8-20)23-14-25(21-13-22(28)26(33-3)15-24(21)30-23)32-17-27(18-32)9-4-11-31(2)16-27;1-2;/h5-8,13-15,29H,4,9-12,16-18H2,1-3H3;1-2H3;1H. The predicted octanol–water partition coefficient (Wildman–Crippen LogP) is 5.45. The molecule has 0 amide bonds. The summed E-state index contributed by atoms with van der Waals surface area (Å²) in [5.74, 6) is 0.682. The van der Waals surface area contributed by atoms with Crippen molar-refractivity contribution in [2.24, 2.45) is 5.41 Å². The summed E-state index contributed by atoms with van der Waals surface area (Å²) in [6, 6.07) is 13.4. The Morgan fingerprint density at radius 2 is 1.86 bits per heavy atom. The number of nitrogens with one attached hydrogen (secondary N) is 1. The zero-order chi connectivity index (χ0) is 25.7. The van der Waals surface area contributed by atoms with Crippen molar-refractivity contribution in [2.75, 3.05) is 65.4 Å². The molecule has 1 spiro atoms. The molecule has 2 aliphatic heterocycles. The topological polar surface area (TPSA) is 49.9 Å². The van der Waals surface area contributed by atoms with Gasteiger partial charge in [0.1, 0.15) is 12.4 Å². The fourth-order valence-corrected chi connectivity index (χ4v) is 5.41. The second-order valence-corrected chi connectivity index (χ2v) is 9.70. The number of aromatic nitrogens is 1. The number of rotatable bonds is 7. The van der Waals surface area contributed by atoms with E-state index in [4.69, 9.17) is 14.5 Å². The Kier molecular flexibility index (Phi) is 8.32. The van der Waals surface area contributed by atoms with Gasteiger partial charge in [0.2, 0.25) is 0 Å². The van der Waals surface area contributed by atoms with Crippen molar-refractivity contribution in [3.05, 3.63) is 48.3 Å². The molecule has 196 valence electrons. The first-order valence-corrected chi connectivity index (χ1v) is 13.0. The summed E-state index contributed by atoms with van der Waals surface area (Å²) in [5, 5.41) is 3.90. The molecule has 0 aliphatic carbocycles. The number of ether oxygens (including phenoxy) is 2. The summed E-state index contributed by atoms with van der Waals surface area (Å²) in [6.07, 6.45) is 2.49. The third-order valence-electron chi connectivity index (χ3n) is 7.08. The number of halogens is 1. The summed E-state index contributed by atoms with van der Waals surface area (Å²) < 4.78 is 25.7. The second-order valence-electron chi connectivity index (χ2n) is 9.70. The predicted molar refractivity (Wildman–Crippen MR) is 148 cm³/mol. The highest BCUT2D eigenvalue weighted by molar-refractivity contribution is 5.95. The van der Waals surface area contributed by atoms with Crippen LogP contribution in [0, 0.1) is 11.2 Å². The Bertz CT molecular complexity index is 1170. The van der Waals surface area contributed by atoms with Gasteiger partial charge in [-0.3, -0.25) is 0 Å². The van der Waals surface area contributed by atoms with E-state index in [2.05, 4.69) is 28.2 Å². The summed E-state index contributed by atoms with van der Waals surface area (Å²) in [4.78, 5) is 9.70. The monoisotopic (exact) mass is 496 g/mol. The average molecular weight is 497 g/mol. The Hall–Kier alpha value is -2.90. The summed E-state index contributed by atoms with van der Waals surface area (Å²) in [5.41, 5.74) is 3.97. The average Bonchev–Trinajstić information content (AvgIpc) is 2.88. The van der Waals surface area contributed by atoms with Crippen LogP contribution in [0.2, 0.25) is 0 Å². The number of pyridine rings is 1. The van der Waals surface area contributed by atoms with E-state index in [1.165, 1.54) is 26.5 Å². The number of anilines is 1. The number of hydrogen-bond donors (Lipinski definition) is 1. The third-order valence-corrected chi connectivity index (χ3v) is 7.08. The van der Waals surface area contributed by atoms with Crippen LogP contribution in [-0.2, 0) is 0 Å². The van der Waals surface area contributed by atoms with Crippen LogP contribution in [0.5, 0.6) is 11.5 Å². The van der Waals surface area contributed by atoms with Crippen LogP contribution < -0.4 is 19.7 Å². The van der Waals surface area contributed by atoms with E-state index in [-0.39, 0.29) is 13.0 Å². The van der Waals surface area contributed by atoms with E-state index in [0.717, 1.165) is 59.8 Å². The van der Waals surface area contributed by atoms with Gasteiger partial charge in [-0.25, -0.2) is 9.37 Å². The molecule has 0 atom stereocenters. The van der Waals surface area contributed by atoms with Gasteiger partial charge in [0.05, 0.1) is 18.3 Å². The molecule has 3 heterocycles. The summed E-state index contributed by atoms with van der Waals surface area (Å²) in [7, 11) is 5.60. The first-order chi connectivity index (χ1) is 17.5.